The zero-order valence-corrected chi connectivity index (χ0v) is 16.9. The highest BCUT2D eigenvalue weighted by Crippen LogP contribution is 2.29. The highest BCUT2D eigenvalue weighted by molar-refractivity contribution is 6.12. The largest absolute Gasteiger partial charge is 0.478 e. The van der Waals surface area contributed by atoms with E-state index in [1.165, 1.54) is 16.7 Å². The van der Waals surface area contributed by atoms with Gasteiger partial charge in [0.25, 0.3) is 5.56 Å². The summed E-state index contributed by atoms with van der Waals surface area (Å²) >= 11 is 0. The summed E-state index contributed by atoms with van der Waals surface area (Å²) in [6.07, 6.45) is 1.15. The van der Waals surface area contributed by atoms with Gasteiger partial charge in [0.05, 0.1) is 24.2 Å². The minimum Gasteiger partial charge on any atom is -0.478 e. The van der Waals surface area contributed by atoms with Crippen molar-refractivity contribution in [1.82, 2.24) is 14.5 Å². The predicted octanol–water partition coefficient (Wildman–Crippen LogP) is 4.73. The van der Waals surface area contributed by atoms with Crippen LogP contribution in [0.2, 0.25) is 0 Å². The molecule has 4 rings (SSSR count). The van der Waals surface area contributed by atoms with Crippen LogP contribution < -0.4 is 10.3 Å². The number of allylic oxidation sites excluding steroid dienone is 5. The Morgan fingerprint density at radius 2 is 1.97 bits per heavy atom. The van der Waals surface area contributed by atoms with Gasteiger partial charge in [-0.25, -0.2) is 4.98 Å². The molecule has 3 heterocycles. The minimum absolute atomic E-state index is 0.128. The van der Waals surface area contributed by atoms with Crippen molar-refractivity contribution in [2.75, 3.05) is 6.61 Å². The van der Waals surface area contributed by atoms with Crippen LogP contribution in [-0.4, -0.2) is 26.9 Å². The number of rotatable bonds is 4. The van der Waals surface area contributed by atoms with Gasteiger partial charge < -0.3 is 10.1 Å². The maximum atomic E-state index is 13.5. The quantitative estimate of drug-likeness (QED) is 0.639. The Bertz CT molecular complexity index is 1370. The van der Waals surface area contributed by atoms with Crippen molar-refractivity contribution in [3.05, 3.63) is 88.5 Å². The monoisotopic (exact) mass is 438 g/mol. The first-order valence-corrected chi connectivity index (χ1v) is 9.60. The molecular weight excluding hydrogens is 421 g/mol. The van der Waals surface area contributed by atoms with Crippen LogP contribution in [0, 0.1) is 5.41 Å². The molecule has 1 aliphatic rings. The summed E-state index contributed by atoms with van der Waals surface area (Å²) in [5, 5.41) is 8.38. The Hall–Kier alpha value is -4.01. The Morgan fingerprint density at radius 3 is 2.59 bits per heavy atom. The van der Waals surface area contributed by atoms with Crippen LogP contribution in [0.15, 0.2) is 71.7 Å². The molecule has 0 saturated heterocycles. The predicted molar refractivity (Wildman–Crippen MR) is 115 cm³/mol. The molecule has 0 bridgehead atoms. The summed E-state index contributed by atoms with van der Waals surface area (Å²) in [4.78, 5) is 21.4. The van der Waals surface area contributed by atoms with Crippen LogP contribution in [0.3, 0.4) is 0 Å². The van der Waals surface area contributed by atoms with Crippen LogP contribution in [-0.2, 0) is 6.18 Å². The molecule has 3 aromatic rings. The summed E-state index contributed by atoms with van der Waals surface area (Å²) in [7, 11) is 0. The zero-order chi connectivity index (χ0) is 23.0. The number of aromatic nitrogens is 3. The van der Waals surface area contributed by atoms with Gasteiger partial charge >= 0.3 is 6.18 Å². The number of fused-ring (bicyclic) bond motifs is 1. The summed E-state index contributed by atoms with van der Waals surface area (Å²) in [6, 6.07) is 7.00. The number of nitrogens with one attached hydrogen (secondary N) is 1. The van der Waals surface area contributed by atoms with Crippen molar-refractivity contribution >= 4 is 22.3 Å². The van der Waals surface area contributed by atoms with Gasteiger partial charge in [0.15, 0.2) is 5.65 Å². The summed E-state index contributed by atoms with van der Waals surface area (Å²) in [5.74, 6) is 0.277. The first-order chi connectivity index (χ1) is 15.2. The topological polar surface area (TPSA) is 80.9 Å². The Morgan fingerprint density at radius 1 is 1.19 bits per heavy atom. The molecule has 1 N–H and O–H groups in total. The lowest BCUT2D eigenvalue weighted by molar-refractivity contribution is -0.141. The lowest BCUT2D eigenvalue weighted by Crippen LogP contribution is -2.24. The molecule has 0 fully saturated rings. The lowest BCUT2D eigenvalue weighted by atomic mass is 9.96. The average Bonchev–Trinajstić information content (AvgIpc) is 2.75. The van der Waals surface area contributed by atoms with Crippen LogP contribution >= 0.6 is 0 Å². The molecule has 0 atom stereocenters. The van der Waals surface area contributed by atoms with Crippen molar-refractivity contribution < 1.29 is 17.9 Å². The summed E-state index contributed by atoms with van der Waals surface area (Å²) in [6.45, 7) is 5.94. The molecule has 1 aliphatic carbocycles. The maximum Gasteiger partial charge on any atom is 0.433 e. The third-order valence-corrected chi connectivity index (χ3v) is 4.83. The highest BCUT2D eigenvalue weighted by atomic mass is 19.4. The van der Waals surface area contributed by atoms with Gasteiger partial charge in [-0.3, -0.25) is 9.36 Å². The standard InChI is InChI=1S/C23H17F3N4O2/c1-3-32-20-9-5-15-11-17(14-4-7-18(27)13(2)10-14)22(31)30(21(15)29-20)16-6-8-19(28-12-16)23(24,25)26/h4-12,27H,2-3H2,1H3. The molecule has 9 heteroatoms. The Kier molecular flexibility index (Phi) is 5.25. The van der Waals surface area contributed by atoms with Crippen LogP contribution in [0.5, 0.6) is 5.88 Å². The van der Waals surface area contributed by atoms with E-state index in [0.29, 0.717) is 23.1 Å². The molecule has 0 aliphatic heterocycles. The van der Waals surface area contributed by atoms with E-state index in [4.69, 9.17) is 10.1 Å². The number of nitrogens with zero attached hydrogens (tertiary/aromatic N) is 3. The minimum atomic E-state index is -4.60. The molecule has 0 amide bonds. The fourth-order valence-electron chi connectivity index (χ4n) is 3.29. The second-order valence-electron chi connectivity index (χ2n) is 6.97. The Balaban J connectivity index is 1.99. The number of halogens is 3. The number of hydrogen-bond acceptors (Lipinski definition) is 5. The van der Waals surface area contributed by atoms with Crippen LogP contribution in [0.1, 0.15) is 18.2 Å². The van der Waals surface area contributed by atoms with Gasteiger partial charge in [-0.05, 0) is 54.5 Å². The zero-order valence-electron chi connectivity index (χ0n) is 16.9. The molecule has 0 aromatic carbocycles. The van der Waals surface area contributed by atoms with E-state index < -0.39 is 17.4 Å². The van der Waals surface area contributed by atoms with Gasteiger partial charge in [-0.15, -0.1) is 0 Å². The molecule has 0 radical (unpaired) electrons. The molecule has 0 spiro atoms. The Labute approximate surface area is 180 Å². The van der Waals surface area contributed by atoms with E-state index in [0.717, 1.165) is 12.3 Å². The molecule has 6 nitrogen and oxygen atoms in total. The highest BCUT2D eigenvalue weighted by Gasteiger charge is 2.32. The van der Waals surface area contributed by atoms with E-state index >= 15 is 0 Å². The molecule has 162 valence electrons. The fraction of sp³-hybridized carbons (Fsp3) is 0.130. The average molecular weight is 438 g/mol. The van der Waals surface area contributed by atoms with E-state index in [-0.39, 0.29) is 28.5 Å². The van der Waals surface area contributed by atoms with Crippen LogP contribution in [0.4, 0.5) is 13.2 Å². The smallest absolute Gasteiger partial charge is 0.433 e. The van der Waals surface area contributed by atoms with Crippen molar-refractivity contribution in [2.45, 2.75) is 13.1 Å². The normalized spacial score (nSPS) is 14.1. The number of alkyl halides is 3. The molecule has 0 unspecified atom stereocenters. The number of hydrogen-bond donors (Lipinski definition) is 1. The first-order valence-electron chi connectivity index (χ1n) is 9.60. The van der Waals surface area contributed by atoms with Gasteiger partial charge in [-0.2, -0.15) is 18.2 Å². The lowest BCUT2D eigenvalue weighted by Gasteiger charge is -2.16. The van der Waals surface area contributed by atoms with Crippen molar-refractivity contribution in [1.29, 1.82) is 5.41 Å². The molecule has 0 saturated carbocycles. The first kappa shape index (κ1) is 21.2. The molecular formula is C23H17F3N4O2. The van der Waals surface area contributed by atoms with E-state index in [9.17, 15) is 18.0 Å². The van der Waals surface area contributed by atoms with E-state index in [1.807, 2.05) is 0 Å². The number of ether oxygens (including phenoxy) is 1. The van der Waals surface area contributed by atoms with Crippen molar-refractivity contribution in [2.24, 2.45) is 0 Å². The van der Waals surface area contributed by atoms with Crippen molar-refractivity contribution in [3.8, 4) is 11.6 Å². The van der Waals surface area contributed by atoms with Gasteiger partial charge in [-0.1, -0.05) is 12.7 Å². The van der Waals surface area contributed by atoms with E-state index in [2.05, 4.69) is 16.5 Å². The SMILES string of the molecule is C=C1C=C(c2cc3ccc(OCC)nc3n(-c3ccc(C(F)(F)F)nc3)c2=O)C=CC1=N. The summed E-state index contributed by atoms with van der Waals surface area (Å²) < 4.78 is 45.5. The van der Waals surface area contributed by atoms with Gasteiger partial charge in [0.1, 0.15) is 5.69 Å². The van der Waals surface area contributed by atoms with Crippen molar-refractivity contribution in [3.63, 3.8) is 0 Å². The third kappa shape index (κ3) is 3.84. The fourth-order valence-corrected chi connectivity index (χ4v) is 3.29. The van der Waals surface area contributed by atoms with Gasteiger partial charge in [0.2, 0.25) is 5.88 Å². The van der Waals surface area contributed by atoms with E-state index in [1.54, 1.807) is 37.3 Å². The van der Waals surface area contributed by atoms with Gasteiger partial charge in [0, 0.05) is 17.0 Å². The van der Waals surface area contributed by atoms with Crippen LogP contribution in [0.25, 0.3) is 22.3 Å². The second-order valence-corrected chi connectivity index (χ2v) is 6.97. The molecule has 3 aromatic heterocycles. The number of pyridine rings is 3. The third-order valence-electron chi connectivity index (χ3n) is 4.83. The maximum absolute atomic E-state index is 13.5. The second kappa shape index (κ2) is 7.92. The summed E-state index contributed by atoms with van der Waals surface area (Å²) in [5.41, 5.74) is 0.261. The molecule has 32 heavy (non-hydrogen) atoms.